The van der Waals surface area contributed by atoms with Gasteiger partial charge in [0.2, 0.25) is 0 Å². The van der Waals surface area contributed by atoms with Crippen molar-refractivity contribution in [1.82, 2.24) is 15.1 Å². The molecule has 0 spiro atoms. The summed E-state index contributed by atoms with van der Waals surface area (Å²) in [7, 11) is 1.98. The molecule has 1 N–H and O–H groups in total. The Bertz CT molecular complexity index is 563. The van der Waals surface area contributed by atoms with E-state index < -0.39 is 0 Å². The van der Waals surface area contributed by atoms with Crippen LogP contribution in [-0.2, 0) is 13.5 Å². The molecule has 1 saturated heterocycles. The first-order valence-electron chi connectivity index (χ1n) is 7.79. The second-order valence-electron chi connectivity index (χ2n) is 5.88. The van der Waals surface area contributed by atoms with E-state index in [0.717, 1.165) is 25.9 Å². The SMILES string of the molecule is CCC1CNC(Cc2ccccc2)CN1c1cnn(C)c1. The Hall–Kier alpha value is -1.81. The molecule has 0 saturated carbocycles. The summed E-state index contributed by atoms with van der Waals surface area (Å²) in [6.07, 6.45) is 6.33. The van der Waals surface area contributed by atoms with Crippen LogP contribution in [0, 0.1) is 0 Å². The summed E-state index contributed by atoms with van der Waals surface area (Å²) >= 11 is 0. The number of hydrogen-bond acceptors (Lipinski definition) is 3. The highest BCUT2D eigenvalue weighted by Gasteiger charge is 2.27. The quantitative estimate of drug-likeness (QED) is 0.934. The average molecular weight is 284 g/mol. The van der Waals surface area contributed by atoms with Gasteiger partial charge in [-0.05, 0) is 18.4 Å². The summed E-state index contributed by atoms with van der Waals surface area (Å²) in [5.41, 5.74) is 2.64. The summed E-state index contributed by atoms with van der Waals surface area (Å²) in [6.45, 7) is 4.34. The van der Waals surface area contributed by atoms with Gasteiger partial charge >= 0.3 is 0 Å². The van der Waals surface area contributed by atoms with E-state index in [-0.39, 0.29) is 0 Å². The molecule has 112 valence electrons. The van der Waals surface area contributed by atoms with E-state index >= 15 is 0 Å². The van der Waals surface area contributed by atoms with Gasteiger partial charge in [-0.3, -0.25) is 4.68 Å². The molecular weight excluding hydrogens is 260 g/mol. The molecule has 1 aromatic carbocycles. The van der Waals surface area contributed by atoms with Gasteiger partial charge in [-0.15, -0.1) is 0 Å². The van der Waals surface area contributed by atoms with E-state index in [2.05, 4.69) is 58.8 Å². The molecule has 2 unspecified atom stereocenters. The monoisotopic (exact) mass is 284 g/mol. The maximum Gasteiger partial charge on any atom is 0.0755 e. The fraction of sp³-hybridized carbons (Fsp3) is 0.471. The summed E-state index contributed by atoms with van der Waals surface area (Å²) < 4.78 is 1.89. The molecule has 4 nitrogen and oxygen atoms in total. The van der Waals surface area contributed by atoms with Gasteiger partial charge in [-0.2, -0.15) is 5.10 Å². The van der Waals surface area contributed by atoms with E-state index in [9.17, 15) is 0 Å². The molecular formula is C17H24N4. The molecule has 2 aromatic rings. The molecule has 1 fully saturated rings. The summed E-state index contributed by atoms with van der Waals surface area (Å²) in [5, 5.41) is 8.03. The van der Waals surface area contributed by atoms with Crippen LogP contribution < -0.4 is 10.2 Å². The number of nitrogens with one attached hydrogen (secondary N) is 1. The lowest BCUT2D eigenvalue weighted by atomic mass is 10.0. The number of benzene rings is 1. The van der Waals surface area contributed by atoms with Crippen molar-refractivity contribution >= 4 is 5.69 Å². The number of nitrogens with zero attached hydrogens (tertiary/aromatic N) is 3. The van der Waals surface area contributed by atoms with Crippen LogP contribution in [0.5, 0.6) is 0 Å². The van der Waals surface area contributed by atoms with Crippen LogP contribution in [0.4, 0.5) is 5.69 Å². The van der Waals surface area contributed by atoms with Gasteiger partial charge in [0, 0.05) is 38.4 Å². The van der Waals surface area contributed by atoms with E-state index in [0.29, 0.717) is 12.1 Å². The lowest BCUT2D eigenvalue weighted by Crippen LogP contribution is -2.57. The Labute approximate surface area is 126 Å². The summed E-state index contributed by atoms with van der Waals surface area (Å²) in [4.78, 5) is 2.51. The molecule has 1 aromatic heterocycles. The van der Waals surface area contributed by atoms with Crippen LogP contribution in [0.2, 0.25) is 0 Å². The lowest BCUT2D eigenvalue weighted by Gasteiger charge is -2.41. The minimum atomic E-state index is 0.496. The van der Waals surface area contributed by atoms with Gasteiger partial charge in [-0.1, -0.05) is 37.3 Å². The normalized spacial score (nSPS) is 22.5. The summed E-state index contributed by atoms with van der Waals surface area (Å²) in [5.74, 6) is 0. The molecule has 2 atom stereocenters. The summed E-state index contributed by atoms with van der Waals surface area (Å²) in [6, 6.07) is 11.8. The Morgan fingerprint density at radius 3 is 2.76 bits per heavy atom. The molecule has 1 aliphatic heterocycles. The molecule has 0 amide bonds. The maximum atomic E-state index is 4.32. The smallest absolute Gasteiger partial charge is 0.0755 e. The second kappa shape index (κ2) is 6.31. The zero-order valence-electron chi connectivity index (χ0n) is 12.9. The first-order valence-corrected chi connectivity index (χ1v) is 7.79. The number of anilines is 1. The molecule has 21 heavy (non-hydrogen) atoms. The Morgan fingerprint density at radius 2 is 2.10 bits per heavy atom. The third-order valence-corrected chi connectivity index (χ3v) is 4.32. The van der Waals surface area contributed by atoms with Crippen molar-refractivity contribution < 1.29 is 0 Å². The van der Waals surface area contributed by atoms with Gasteiger partial charge in [0.25, 0.3) is 0 Å². The number of aryl methyl sites for hydroxylation is 1. The molecule has 2 heterocycles. The standard InChI is InChI=1S/C17H24N4/c1-3-16-10-18-15(9-14-7-5-4-6-8-14)12-21(16)17-11-19-20(2)13-17/h4-8,11,13,15-16,18H,3,9-10,12H2,1-2H3. The van der Waals surface area contributed by atoms with Gasteiger partial charge in [0.15, 0.2) is 0 Å². The van der Waals surface area contributed by atoms with Gasteiger partial charge in [0.1, 0.15) is 0 Å². The minimum Gasteiger partial charge on any atom is -0.363 e. The van der Waals surface area contributed by atoms with Gasteiger partial charge < -0.3 is 10.2 Å². The maximum absolute atomic E-state index is 4.32. The first-order chi connectivity index (χ1) is 10.3. The van der Waals surface area contributed by atoms with Crippen LogP contribution in [0.1, 0.15) is 18.9 Å². The number of aromatic nitrogens is 2. The van der Waals surface area contributed by atoms with Crippen LogP contribution in [0.15, 0.2) is 42.7 Å². The molecule has 0 bridgehead atoms. The van der Waals surface area contributed by atoms with Crippen LogP contribution in [-0.4, -0.2) is 35.0 Å². The van der Waals surface area contributed by atoms with Crippen molar-refractivity contribution in [3.63, 3.8) is 0 Å². The third kappa shape index (κ3) is 3.27. The Balaban J connectivity index is 1.72. The van der Waals surface area contributed by atoms with Crippen molar-refractivity contribution in [2.45, 2.75) is 31.8 Å². The van der Waals surface area contributed by atoms with Crippen molar-refractivity contribution in [3.8, 4) is 0 Å². The number of piperazine rings is 1. The average Bonchev–Trinajstić information content (AvgIpc) is 2.95. The molecule has 0 aliphatic carbocycles. The highest BCUT2D eigenvalue weighted by atomic mass is 15.3. The predicted molar refractivity (Wildman–Crippen MR) is 86.6 cm³/mol. The fourth-order valence-electron chi connectivity index (χ4n) is 3.14. The molecule has 3 rings (SSSR count). The predicted octanol–water partition coefficient (Wildman–Crippen LogP) is 2.22. The van der Waals surface area contributed by atoms with Gasteiger partial charge in [0.05, 0.1) is 11.9 Å². The van der Waals surface area contributed by atoms with Crippen molar-refractivity contribution in [3.05, 3.63) is 48.3 Å². The van der Waals surface area contributed by atoms with Crippen LogP contribution in [0.25, 0.3) is 0 Å². The molecule has 4 heteroatoms. The number of hydrogen-bond donors (Lipinski definition) is 1. The molecule has 0 radical (unpaired) electrons. The highest BCUT2D eigenvalue weighted by Crippen LogP contribution is 2.21. The highest BCUT2D eigenvalue weighted by molar-refractivity contribution is 5.45. The largest absolute Gasteiger partial charge is 0.363 e. The van der Waals surface area contributed by atoms with Crippen molar-refractivity contribution in [1.29, 1.82) is 0 Å². The van der Waals surface area contributed by atoms with E-state index in [1.54, 1.807) is 0 Å². The lowest BCUT2D eigenvalue weighted by molar-refractivity contribution is 0.383. The van der Waals surface area contributed by atoms with Crippen molar-refractivity contribution in [2.24, 2.45) is 7.05 Å². The van der Waals surface area contributed by atoms with Crippen LogP contribution >= 0.6 is 0 Å². The van der Waals surface area contributed by atoms with Crippen LogP contribution in [0.3, 0.4) is 0 Å². The van der Waals surface area contributed by atoms with Gasteiger partial charge in [-0.25, -0.2) is 0 Å². The Morgan fingerprint density at radius 1 is 1.29 bits per heavy atom. The Kier molecular flexibility index (Phi) is 4.25. The minimum absolute atomic E-state index is 0.496. The molecule has 1 aliphatic rings. The van der Waals surface area contributed by atoms with E-state index in [1.807, 2.05) is 17.9 Å². The van der Waals surface area contributed by atoms with E-state index in [4.69, 9.17) is 0 Å². The second-order valence-corrected chi connectivity index (χ2v) is 5.88. The third-order valence-electron chi connectivity index (χ3n) is 4.32. The fourth-order valence-corrected chi connectivity index (χ4v) is 3.14. The number of rotatable bonds is 4. The first kappa shape index (κ1) is 14.1. The zero-order chi connectivity index (χ0) is 14.7. The van der Waals surface area contributed by atoms with Crippen molar-refractivity contribution in [2.75, 3.05) is 18.0 Å². The topological polar surface area (TPSA) is 33.1 Å². The zero-order valence-corrected chi connectivity index (χ0v) is 12.9. The van der Waals surface area contributed by atoms with E-state index in [1.165, 1.54) is 11.3 Å².